The van der Waals surface area contributed by atoms with Crippen molar-refractivity contribution in [3.8, 4) is 0 Å². The molecule has 0 saturated carbocycles. The van der Waals surface area contributed by atoms with Gasteiger partial charge in [0.2, 0.25) is 21.8 Å². The third-order valence-electron chi connectivity index (χ3n) is 5.58. The SMILES string of the molecule is N=C(N)c1ccc(CNC(=O)CNC(=O)[C@@H](CCc2ccccc2)NS(=O)(=O)Cc2ccccc2)cc1. The van der Waals surface area contributed by atoms with Gasteiger partial charge in [-0.25, -0.2) is 13.1 Å². The van der Waals surface area contributed by atoms with Gasteiger partial charge in [-0.05, 0) is 29.5 Å². The van der Waals surface area contributed by atoms with Crippen LogP contribution in [-0.2, 0) is 38.3 Å². The number of hydrogen-bond acceptors (Lipinski definition) is 5. The van der Waals surface area contributed by atoms with Crippen molar-refractivity contribution in [3.63, 3.8) is 0 Å². The number of amidine groups is 1. The minimum absolute atomic E-state index is 0.0421. The fourth-order valence-electron chi connectivity index (χ4n) is 3.61. The van der Waals surface area contributed by atoms with Crippen molar-refractivity contribution in [3.05, 3.63) is 107 Å². The maximum Gasteiger partial charge on any atom is 0.239 e. The zero-order valence-corrected chi connectivity index (χ0v) is 21.1. The van der Waals surface area contributed by atoms with Gasteiger partial charge in [-0.15, -0.1) is 0 Å². The van der Waals surface area contributed by atoms with Gasteiger partial charge in [0.25, 0.3) is 0 Å². The van der Waals surface area contributed by atoms with Crippen molar-refractivity contribution >= 4 is 27.7 Å². The van der Waals surface area contributed by atoms with E-state index in [2.05, 4.69) is 15.4 Å². The Morgan fingerprint density at radius 2 is 1.41 bits per heavy atom. The largest absolute Gasteiger partial charge is 0.384 e. The van der Waals surface area contributed by atoms with Gasteiger partial charge in [0.1, 0.15) is 11.9 Å². The van der Waals surface area contributed by atoms with Gasteiger partial charge in [0.05, 0.1) is 12.3 Å². The number of hydrogen-bond donors (Lipinski definition) is 5. The number of amides is 2. The highest BCUT2D eigenvalue weighted by Crippen LogP contribution is 2.10. The molecule has 1 atom stereocenters. The summed E-state index contributed by atoms with van der Waals surface area (Å²) in [4.78, 5) is 25.2. The summed E-state index contributed by atoms with van der Waals surface area (Å²) in [5, 5.41) is 12.7. The molecule has 0 bridgehead atoms. The Balaban J connectivity index is 1.57. The van der Waals surface area contributed by atoms with E-state index in [9.17, 15) is 18.0 Å². The van der Waals surface area contributed by atoms with Gasteiger partial charge < -0.3 is 16.4 Å². The van der Waals surface area contributed by atoms with E-state index in [0.717, 1.165) is 11.1 Å². The minimum Gasteiger partial charge on any atom is -0.384 e. The number of nitrogen functional groups attached to an aromatic ring is 1. The highest BCUT2D eigenvalue weighted by Gasteiger charge is 2.25. The lowest BCUT2D eigenvalue weighted by Gasteiger charge is -2.19. The Labute approximate surface area is 217 Å². The minimum atomic E-state index is -3.81. The highest BCUT2D eigenvalue weighted by molar-refractivity contribution is 7.88. The van der Waals surface area contributed by atoms with E-state index >= 15 is 0 Å². The number of rotatable bonds is 13. The van der Waals surface area contributed by atoms with Crippen LogP contribution in [0, 0.1) is 5.41 Å². The first-order valence-corrected chi connectivity index (χ1v) is 13.4. The van der Waals surface area contributed by atoms with Gasteiger partial charge in [-0.1, -0.05) is 84.9 Å². The predicted molar refractivity (Wildman–Crippen MR) is 143 cm³/mol. The summed E-state index contributed by atoms with van der Waals surface area (Å²) in [5.74, 6) is -1.29. The van der Waals surface area contributed by atoms with Gasteiger partial charge in [-0.3, -0.25) is 15.0 Å². The van der Waals surface area contributed by atoms with Crippen molar-refractivity contribution in [2.45, 2.75) is 31.2 Å². The van der Waals surface area contributed by atoms with Crippen molar-refractivity contribution in [1.29, 1.82) is 5.41 Å². The second kappa shape index (κ2) is 13.3. The van der Waals surface area contributed by atoms with Crippen molar-refractivity contribution in [1.82, 2.24) is 15.4 Å². The number of nitrogens with two attached hydrogens (primary N) is 1. The number of nitrogens with one attached hydrogen (secondary N) is 4. The molecule has 9 nitrogen and oxygen atoms in total. The van der Waals surface area contributed by atoms with Crippen LogP contribution in [0.15, 0.2) is 84.9 Å². The number of sulfonamides is 1. The van der Waals surface area contributed by atoms with Crippen LogP contribution >= 0.6 is 0 Å². The van der Waals surface area contributed by atoms with E-state index in [1.807, 2.05) is 30.3 Å². The van der Waals surface area contributed by atoms with Crippen LogP contribution in [0.5, 0.6) is 0 Å². The van der Waals surface area contributed by atoms with Crippen LogP contribution in [-0.4, -0.2) is 38.7 Å². The van der Waals surface area contributed by atoms with Gasteiger partial charge in [0, 0.05) is 12.1 Å². The molecule has 0 fully saturated rings. The summed E-state index contributed by atoms with van der Waals surface area (Å²) in [6, 6.07) is 24.0. The number of aryl methyl sites for hydroxylation is 1. The molecule has 3 aromatic carbocycles. The Bertz CT molecular complexity index is 1300. The molecule has 0 spiro atoms. The van der Waals surface area contributed by atoms with E-state index in [4.69, 9.17) is 11.1 Å². The third-order valence-corrected chi connectivity index (χ3v) is 6.94. The van der Waals surface area contributed by atoms with Crippen LogP contribution in [0.2, 0.25) is 0 Å². The summed E-state index contributed by atoms with van der Waals surface area (Å²) in [7, 11) is -3.81. The molecule has 0 unspecified atom stereocenters. The number of carbonyl (C=O) groups is 2. The fourth-order valence-corrected chi connectivity index (χ4v) is 4.98. The van der Waals surface area contributed by atoms with Crippen LogP contribution in [0.4, 0.5) is 0 Å². The van der Waals surface area contributed by atoms with Crippen molar-refractivity contribution < 1.29 is 18.0 Å². The lowest BCUT2D eigenvalue weighted by molar-refractivity contribution is -0.127. The first kappa shape index (κ1) is 27.6. The van der Waals surface area contributed by atoms with Gasteiger partial charge in [0.15, 0.2) is 0 Å². The molecule has 3 aromatic rings. The lowest BCUT2D eigenvalue weighted by Crippen LogP contribution is -2.49. The molecule has 0 aromatic heterocycles. The average Bonchev–Trinajstić information content (AvgIpc) is 2.89. The summed E-state index contributed by atoms with van der Waals surface area (Å²) in [6.45, 7) is -0.0688. The normalized spacial score (nSPS) is 11.9. The van der Waals surface area contributed by atoms with E-state index in [1.165, 1.54) is 0 Å². The van der Waals surface area contributed by atoms with Crippen LogP contribution in [0.3, 0.4) is 0 Å². The maximum absolute atomic E-state index is 12.9. The molecule has 0 heterocycles. The molecule has 0 radical (unpaired) electrons. The smallest absolute Gasteiger partial charge is 0.239 e. The predicted octanol–water partition coefficient (Wildman–Crippen LogP) is 1.82. The van der Waals surface area contributed by atoms with E-state index in [1.54, 1.807) is 54.6 Å². The molecule has 37 heavy (non-hydrogen) atoms. The van der Waals surface area contributed by atoms with Crippen molar-refractivity contribution in [2.24, 2.45) is 5.73 Å². The molecule has 6 N–H and O–H groups in total. The topological polar surface area (TPSA) is 154 Å². The lowest BCUT2D eigenvalue weighted by atomic mass is 10.1. The Hall–Kier alpha value is -4.02. The van der Waals surface area contributed by atoms with Gasteiger partial charge >= 0.3 is 0 Å². The first-order valence-electron chi connectivity index (χ1n) is 11.8. The molecule has 0 aliphatic rings. The zero-order valence-electron chi connectivity index (χ0n) is 20.3. The second-order valence-corrected chi connectivity index (χ2v) is 10.3. The summed E-state index contributed by atoms with van der Waals surface area (Å²) < 4.78 is 28.1. The molecule has 194 valence electrons. The molecule has 3 rings (SSSR count). The van der Waals surface area contributed by atoms with Crippen LogP contribution in [0.1, 0.15) is 28.7 Å². The van der Waals surface area contributed by atoms with Crippen LogP contribution in [0.25, 0.3) is 0 Å². The second-order valence-electron chi connectivity index (χ2n) is 8.54. The Morgan fingerprint density at radius 1 is 0.811 bits per heavy atom. The quantitative estimate of drug-likeness (QED) is 0.171. The Morgan fingerprint density at radius 3 is 2.00 bits per heavy atom. The standard InChI is InChI=1S/C27H31N5O4S/c28-26(29)23-14-11-21(12-15-23)17-30-25(33)18-31-27(34)24(16-13-20-7-3-1-4-8-20)32-37(35,36)19-22-9-5-2-6-10-22/h1-12,14-15,24,32H,13,16-19H2,(H3,28,29)(H,30,33)(H,31,34)/t24-/m1/s1. The molecule has 0 aliphatic carbocycles. The average molecular weight is 522 g/mol. The van der Waals surface area contributed by atoms with Crippen LogP contribution < -0.4 is 21.1 Å². The summed E-state index contributed by atoms with van der Waals surface area (Å²) in [6.07, 6.45) is 0.712. The summed E-state index contributed by atoms with van der Waals surface area (Å²) >= 11 is 0. The first-order chi connectivity index (χ1) is 17.7. The fraction of sp³-hybridized carbons (Fsp3) is 0.222. The number of carbonyl (C=O) groups excluding carboxylic acids is 2. The zero-order chi connectivity index (χ0) is 26.7. The van der Waals surface area contributed by atoms with E-state index in [-0.39, 0.29) is 31.1 Å². The molecule has 0 aliphatic heterocycles. The number of benzene rings is 3. The molecular weight excluding hydrogens is 490 g/mol. The molecule has 0 saturated heterocycles. The maximum atomic E-state index is 12.9. The van der Waals surface area contributed by atoms with Crippen molar-refractivity contribution in [2.75, 3.05) is 6.54 Å². The molecular formula is C27H31N5O4S. The Kier molecular flexibility index (Phi) is 9.93. The monoisotopic (exact) mass is 521 g/mol. The third kappa shape index (κ3) is 9.51. The summed E-state index contributed by atoms with van der Waals surface area (Å²) in [5.41, 5.74) is 8.40. The van der Waals surface area contributed by atoms with E-state index < -0.39 is 27.9 Å². The highest BCUT2D eigenvalue weighted by atomic mass is 32.2. The van der Waals surface area contributed by atoms with E-state index in [0.29, 0.717) is 17.5 Å². The van der Waals surface area contributed by atoms with Gasteiger partial charge in [-0.2, -0.15) is 0 Å². The molecule has 2 amide bonds. The molecule has 10 heteroatoms.